The van der Waals surface area contributed by atoms with Crippen molar-refractivity contribution in [3.05, 3.63) is 0 Å². The minimum Gasteiger partial charge on any atom is -0.307 e. The molecule has 0 bridgehead atoms. The Morgan fingerprint density at radius 3 is 2.31 bits per heavy atom. The van der Waals surface area contributed by atoms with Crippen molar-refractivity contribution in [2.24, 2.45) is 23.7 Å². The molecule has 0 aromatic heterocycles. The van der Waals surface area contributed by atoms with E-state index >= 15 is 0 Å². The minimum absolute atomic E-state index is 0.0411. The lowest BCUT2D eigenvalue weighted by atomic mass is 9.83. The van der Waals surface area contributed by atoms with Crippen molar-refractivity contribution in [1.82, 2.24) is 10.6 Å². The predicted molar refractivity (Wildman–Crippen MR) is 160 cm³/mol. The molecule has 6 heteroatoms. The van der Waals surface area contributed by atoms with E-state index in [2.05, 4.69) is 37.7 Å². The molecular formula is C30H56N2O2S2. The van der Waals surface area contributed by atoms with Crippen molar-refractivity contribution in [2.75, 3.05) is 36.6 Å². The molecule has 4 nitrogen and oxygen atoms in total. The van der Waals surface area contributed by atoms with Gasteiger partial charge < -0.3 is 10.6 Å². The highest BCUT2D eigenvalue weighted by Crippen LogP contribution is 2.48. The summed E-state index contributed by atoms with van der Waals surface area (Å²) in [7, 11) is 0. The molecule has 2 N–H and O–H groups in total. The maximum Gasteiger partial charge on any atom is 0.153 e. The zero-order chi connectivity index (χ0) is 26.2. The Hall–Kier alpha value is -0.0400. The number of Topliss-reactive ketones (excluding diaryl/α,β-unsaturated/α-hetero) is 2. The van der Waals surface area contributed by atoms with E-state index in [0.717, 1.165) is 60.9 Å². The van der Waals surface area contributed by atoms with Crippen LogP contribution >= 0.6 is 23.5 Å². The molecule has 2 saturated carbocycles. The van der Waals surface area contributed by atoms with Crippen LogP contribution in [-0.2, 0) is 9.59 Å². The van der Waals surface area contributed by atoms with Gasteiger partial charge in [-0.3, -0.25) is 9.59 Å². The Labute approximate surface area is 231 Å². The van der Waals surface area contributed by atoms with Crippen LogP contribution in [0.3, 0.4) is 0 Å². The quantitative estimate of drug-likeness (QED) is 0.199. The third kappa shape index (κ3) is 12.7. The van der Waals surface area contributed by atoms with Crippen LogP contribution in [0.1, 0.15) is 104 Å². The van der Waals surface area contributed by atoms with Gasteiger partial charge >= 0.3 is 0 Å². The summed E-state index contributed by atoms with van der Waals surface area (Å²) in [4.78, 5) is 26.1. The Bertz CT molecular complexity index is 618. The highest BCUT2D eigenvalue weighted by molar-refractivity contribution is 7.99. The fraction of sp³-hybridized carbons (Fsp3) is 0.933. The van der Waals surface area contributed by atoms with Crippen molar-refractivity contribution >= 4 is 35.1 Å². The summed E-state index contributed by atoms with van der Waals surface area (Å²) in [5.74, 6) is 6.17. The first-order valence-electron chi connectivity index (χ1n) is 15.1. The second-order valence-electron chi connectivity index (χ2n) is 11.4. The summed E-state index contributed by atoms with van der Waals surface area (Å²) >= 11 is 3.57. The molecule has 2 aliphatic carbocycles. The monoisotopic (exact) mass is 540 g/mol. The summed E-state index contributed by atoms with van der Waals surface area (Å²) in [6, 6.07) is -0.133. The lowest BCUT2D eigenvalue weighted by molar-refractivity contribution is -0.124. The normalized spacial score (nSPS) is 25.6. The third-order valence-electron chi connectivity index (χ3n) is 8.31. The molecule has 2 fully saturated rings. The second-order valence-corrected chi connectivity index (χ2v) is 13.6. The lowest BCUT2D eigenvalue weighted by Gasteiger charge is -2.25. The molecule has 0 aliphatic heterocycles. The number of carbonyl (C=O) groups is 2. The van der Waals surface area contributed by atoms with E-state index in [9.17, 15) is 9.59 Å². The van der Waals surface area contributed by atoms with E-state index in [0.29, 0.717) is 18.0 Å². The molecule has 6 unspecified atom stereocenters. The van der Waals surface area contributed by atoms with Gasteiger partial charge in [-0.2, -0.15) is 23.5 Å². The largest absolute Gasteiger partial charge is 0.307 e. The number of hydrogen-bond donors (Lipinski definition) is 2. The van der Waals surface area contributed by atoms with Crippen molar-refractivity contribution in [3.8, 4) is 0 Å². The van der Waals surface area contributed by atoms with Crippen LogP contribution in [0.2, 0.25) is 0 Å². The number of hydrogen-bond acceptors (Lipinski definition) is 6. The van der Waals surface area contributed by atoms with Gasteiger partial charge in [0.2, 0.25) is 0 Å². The zero-order valence-corrected chi connectivity index (χ0v) is 25.5. The molecular weight excluding hydrogens is 484 g/mol. The minimum atomic E-state index is -0.0924. The van der Waals surface area contributed by atoms with Crippen LogP contribution in [0.25, 0.3) is 0 Å². The Balaban J connectivity index is 1.79. The summed E-state index contributed by atoms with van der Waals surface area (Å²) in [5, 5.41) is 6.87. The van der Waals surface area contributed by atoms with E-state index < -0.39 is 0 Å². The van der Waals surface area contributed by atoms with Crippen LogP contribution in [0.4, 0.5) is 0 Å². The first-order valence-corrected chi connectivity index (χ1v) is 17.6. The van der Waals surface area contributed by atoms with E-state index in [1.165, 1.54) is 64.2 Å². The number of fused-ring (bicyclic) bond motifs is 1. The fourth-order valence-corrected chi connectivity index (χ4v) is 7.48. The molecule has 0 saturated heterocycles. The summed E-state index contributed by atoms with van der Waals surface area (Å²) in [6.45, 7) is 7.93. The number of rotatable bonds is 17. The number of carbonyl (C=O) groups excluding carboxylic acids is 2. The van der Waals surface area contributed by atoms with Gasteiger partial charge in [-0.1, -0.05) is 72.1 Å². The molecule has 0 aromatic rings. The Kier molecular flexibility index (Phi) is 17.1. The van der Waals surface area contributed by atoms with E-state index in [4.69, 9.17) is 0 Å². The number of nitrogens with one attached hydrogen (secondary N) is 2. The van der Waals surface area contributed by atoms with Crippen molar-refractivity contribution in [1.29, 1.82) is 0 Å². The first kappa shape index (κ1) is 32.2. The second kappa shape index (κ2) is 19.1. The molecule has 6 atom stereocenters. The van der Waals surface area contributed by atoms with Gasteiger partial charge in [0.05, 0.1) is 12.1 Å². The van der Waals surface area contributed by atoms with Gasteiger partial charge in [0.1, 0.15) is 0 Å². The van der Waals surface area contributed by atoms with Crippen molar-refractivity contribution in [2.45, 2.75) is 116 Å². The fourth-order valence-electron chi connectivity index (χ4n) is 6.09. The van der Waals surface area contributed by atoms with E-state index in [-0.39, 0.29) is 18.0 Å². The van der Waals surface area contributed by atoms with Gasteiger partial charge in [-0.25, -0.2) is 0 Å². The highest BCUT2D eigenvalue weighted by Gasteiger charge is 2.38. The SMILES string of the molecule is CCNC(CSCC)C(=O)CCCNC(CSC)C(=O)C(C)CC1CCCCCCCCC2CC2C1. The summed E-state index contributed by atoms with van der Waals surface area (Å²) in [5.41, 5.74) is 0. The average Bonchev–Trinajstić information content (AvgIpc) is 3.60. The molecule has 0 spiro atoms. The molecule has 0 heterocycles. The zero-order valence-electron chi connectivity index (χ0n) is 23.8. The van der Waals surface area contributed by atoms with Gasteiger partial charge in [0, 0.05) is 23.8 Å². The molecule has 0 amide bonds. The third-order valence-corrected chi connectivity index (χ3v) is 9.95. The smallest absolute Gasteiger partial charge is 0.153 e. The summed E-state index contributed by atoms with van der Waals surface area (Å²) < 4.78 is 0. The van der Waals surface area contributed by atoms with Crippen LogP contribution in [0, 0.1) is 23.7 Å². The molecule has 210 valence electrons. The number of thioether (sulfide) groups is 2. The molecule has 36 heavy (non-hydrogen) atoms. The van der Waals surface area contributed by atoms with E-state index in [1.54, 1.807) is 11.8 Å². The molecule has 0 radical (unpaired) electrons. The lowest BCUT2D eigenvalue weighted by Crippen LogP contribution is -2.43. The number of ketones is 2. The standard InChI is InChI=1S/C30H56N2O2S2/c1-5-31-27(22-36-6-2)29(33)16-13-17-32-28(21-35-4)30(34)23(3)18-24-14-11-9-7-8-10-12-15-25-20-26(25)19-24/h23-28,31-32H,5-22H2,1-4H3. The van der Waals surface area contributed by atoms with Gasteiger partial charge in [-0.15, -0.1) is 0 Å². The van der Waals surface area contributed by atoms with Crippen LogP contribution in [0.5, 0.6) is 0 Å². The van der Waals surface area contributed by atoms with Crippen LogP contribution in [-0.4, -0.2) is 60.3 Å². The van der Waals surface area contributed by atoms with E-state index in [1.807, 2.05) is 11.8 Å². The van der Waals surface area contributed by atoms with Gasteiger partial charge in [0.15, 0.2) is 11.6 Å². The van der Waals surface area contributed by atoms with Crippen molar-refractivity contribution < 1.29 is 9.59 Å². The first-order chi connectivity index (χ1) is 17.5. The van der Waals surface area contributed by atoms with Crippen molar-refractivity contribution in [3.63, 3.8) is 0 Å². The maximum atomic E-state index is 13.5. The average molecular weight is 541 g/mol. The van der Waals surface area contributed by atoms with Crippen LogP contribution < -0.4 is 10.6 Å². The van der Waals surface area contributed by atoms with Gasteiger partial charge in [0.25, 0.3) is 0 Å². The topological polar surface area (TPSA) is 58.2 Å². The van der Waals surface area contributed by atoms with Gasteiger partial charge in [-0.05, 0) is 68.5 Å². The maximum absolute atomic E-state index is 13.5. The van der Waals surface area contributed by atoms with Crippen LogP contribution in [0.15, 0.2) is 0 Å². The summed E-state index contributed by atoms with van der Waals surface area (Å²) in [6.07, 6.45) is 18.5. The highest BCUT2D eigenvalue weighted by atomic mass is 32.2. The predicted octanol–water partition coefficient (Wildman–Crippen LogP) is 6.76. The molecule has 0 aromatic carbocycles. The number of likely N-dealkylation sites (N-methyl/N-ethyl adjacent to an activating group) is 1. The molecule has 2 aliphatic rings. The Morgan fingerprint density at radius 2 is 1.61 bits per heavy atom. The Morgan fingerprint density at radius 1 is 0.889 bits per heavy atom. The molecule has 2 rings (SSSR count).